The van der Waals surface area contributed by atoms with Gasteiger partial charge in [-0.3, -0.25) is 0 Å². The second-order valence-electron chi connectivity index (χ2n) is 4.86. The van der Waals surface area contributed by atoms with Crippen molar-refractivity contribution in [2.75, 3.05) is 13.7 Å². The largest absolute Gasteiger partial charge is 0.478 e. The van der Waals surface area contributed by atoms with Gasteiger partial charge in [0.25, 0.3) is 0 Å². The maximum atomic E-state index is 13.6. The van der Waals surface area contributed by atoms with Crippen molar-refractivity contribution in [3.05, 3.63) is 28.5 Å². The Bertz CT molecular complexity index is 660. The zero-order valence-electron chi connectivity index (χ0n) is 11.6. The first kappa shape index (κ1) is 17.8. The second-order valence-corrected chi connectivity index (χ2v) is 7.01. The minimum absolute atomic E-state index is 0.0709. The monoisotopic (exact) mass is 339 g/mol. The molecule has 1 aromatic carbocycles. The van der Waals surface area contributed by atoms with Gasteiger partial charge in [-0.1, -0.05) is 11.6 Å². The molecule has 2 N–H and O–H groups in total. The highest BCUT2D eigenvalue weighted by atomic mass is 35.5. The fourth-order valence-corrected chi connectivity index (χ4v) is 2.73. The lowest BCUT2D eigenvalue weighted by Gasteiger charge is -2.23. The number of nitrogens with one attached hydrogen (secondary N) is 1. The smallest absolute Gasteiger partial charge is 0.337 e. The van der Waals surface area contributed by atoms with E-state index in [0.29, 0.717) is 6.07 Å². The Balaban J connectivity index is 3.18. The van der Waals surface area contributed by atoms with Crippen molar-refractivity contribution >= 4 is 27.6 Å². The van der Waals surface area contributed by atoms with Gasteiger partial charge in [0.1, 0.15) is 5.82 Å². The molecule has 0 amide bonds. The van der Waals surface area contributed by atoms with Crippen LogP contribution in [0.5, 0.6) is 0 Å². The molecule has 9 heteroatoms. The number of hydrogen-bond acceptors (Lipinski definition) is 4. The predicted octanol–water partition coefficient (Wildman–Crippen LogP) is 1.88. The van der Waals surface area contributed by atoms with Gasteiger partial charge in [0, 0.05) is 13.7 Å². The number of methoxy groups -OCH3 is 1. The van der Waals surface area contributed by atoms with E-state index < -0.39 is 42.9 Å². The molecule has 0 bridgehead atoms. The molecule has 1 rings (SSSR count). The number of halogens is 2. The third-order valence-corrected chi connectivity index (χ3v) is 4.55. The fourth-order valence-electron chi connectivity index (χ4n) is 1.30. The maximum absolute atomic E-state index is 13.6. The van der Waals surface area contributed by atoms with Crippen molar-refractivity contribution in [3.63, 3.8) is 0 Å². The summed E-state index contributed by atoms with van der Waals surface area (Å²) in [5.74, 6) is -2.64. The number of carbonyl (C=O) groups is 1. The fraction of sp³-hybridized carbons (Fsp3) is 0.417. The zero-order chi connectivity index (χ0) is 16.4. The molecule has 0 aliphatic rings. The van der Waals surface area contributed by atoms with Crippen LogP contribution in [0.1, 0.15) is 24.2 Å². The molecular weight excluding hydrogens is 325 g/mol. The normalized spacial score (nSPS) is 12.4. The van der Waals surface area contributed by atoms with Gasteiger partial charge in [0.15, 0.2) is 0 Å². The highest BCUT2D eigenvalue weighted by molar-refractivity contribution is 7.89. The van der Waals surface area contributed by atoms with Crippen molar-refractivity contribution in [2.45, 2.75) is 24.3 Å². The van der Waals surface area contributed by atoms with Gasteiger partial charge < -0.3 is 9.84 Å². The van der Waals surface area contributed by atoms with E-state index >= 15 is 0 Å². The van der Waals surface area contributed by atoms with Crippen molar-refractivity contribution in [2.24, 2.45) is 0 Å². The first-order chi connectivity index (χ1) is 9.50. The Morgan fingerprint density at radius 3 is 2.52 bits per heavy atom. The van der Waals surface area contributed by atoms with Gasteiger partial charge in [0.05, 0.1) is 21.1 Å². The van der Waals surface area contributed by atoms with Gasteiger partial charge >= 0.3 is 5.97 Å². The van der Waals surface area contributed by atoms with Crippen LogP contribution in [0.25, 0.3) is 0 Å². The van der Waals surface area contributed by atoms with Crippen LogP contribution in [-0.2, 0) is 14.8 Å². The predicted molar refractivity (Wildman–Crippen MR) is 74.6 cm³/mol. The summed E-state index contributed by atoms with van der Waals surface area (Å²) in [6.45, 7) is 3.24. The first-order valence-corrected chi connectivity index (χ1v) is 7.63. The SMILES string of the molecule is COC(C)(C)CNS(=O)(=O)c1cc(F)c(Cl)c(C(=O)O)c1. The number of rotatable bonds is 6. The Hall–Kier alpha value is -1.22. The standard InChI is InChI=1S/C12H15ClFNO5S/c1-12(2,20-3)6-15-21(18,19)7-4-8(11(16)17)10(13)9(14)5-7/h4-5,15H,6H2,1-3H3,(H,16,17). The Kier molecular flexibility index (Phi) is 5.32. The molecule has 1 aromatic rings. The summed E-state index contributed by atoms with van der Waals surface area (Å²) in [4.78, 5) is 10.4. The lowest BCUT2D eigenvalue weighted by molar-refractivity contribution is 0.0276. The number of hydrogen-bond donors (Lipinski definition) is 2. The number of benzene rings is 1. The minimum atomic E-state index is -4.09. The topological polar surface area (TPSA) is 92.7 Å². The Morgan fingerprint density at radius 1 is 1.48 bits per heavy atom. The number of ether oxygens (including phenoxy) is 1. The van der Waals surface area contributed by atoms with Crippen molar-refractivity contribution in [1.29, 1.82) is 0 Å². The van der Waals surface area contributed by atoms with Gasteiger partial charge in [0.2, 0.25) is 10.0 Å². The Morgan fingerprint density at radius 2 is 2.05 bits per heavy atom. The lowest BCUT2D eigenvalue weighted by atomic mass is 10.1. The molecule has 0 heterocycles. The number of aromatic carboxylic acids is 1. The average Bonchev–Trinajstić information content (AvgIpc) is 2.39. The zero-order valence-corrected chi connectivity index (χ0v) is 13.2. The van der Waals surface area contributed by atoms with E-state index in [1.54, 1.807) is 13.8 Å². The maximum Gasteiger partial charge on any atom is 0.337 e. The van der Waals surface area contributed by atoms with Crippen molar-refractivity contribution < 1.29 is 27.4 Å². The molecule has 0 saturated carbocycles. The molecule has 0 fully saturated rings. The van der Waals surface area contributed by atoms with E-state index in [1.165, 1.54) is 7.11 Å². The van der Waals surface area contributed by atoms with E-state index in [0.717, 1.165) is 6.07 Å². The van der Waals surface area contributed by atoms with Crippen LogP contribution in [0.2, 0.25) is 5.02 Å². The van der Waals surface area contributed by atoms with Crippen molar-refractivity contribution in [1.82, 2.24) is 4.72 Å². The molecule has 0 atom stereocenters. The van der Waals surface area contributed by atoms with Crippen LogP contribution >= 0.6 is 11.6 Å². The van der Waals surface area contributed by atoms with E-state index in [2.05, 4.69) is 4.72 Å². The van der Waals surface area contributed by atoms with Gasteiger partial charge in [-0.15, -0.1) is 0 Å². The molecule has 118 valence electrons. The molecule has 0 aromatic heterocycles. The number of carboxylic acids is 1. The second kappa shape index (κ2) is 6.27. The van der Waals surface area contributed by atoms with Crippen LogP contribution in [0, 0.1) is 5.82 Å². The average molecular weight is 340 g/mol. The van der Waals surface area contributed by atoms with Crippen LogP contribution < -0.4 is 4.72 Å². The van der Waals surface area contributed by atoms with E-state index in [-0.39, 0.29) is 6.54 Å². The van der Waals surface area contributed by atoms with Gasteiger partial charge in [-0.05, 0) is 26.0 Å². The third-order valence-electron chi connectivity index (χ3n) is 2.78. The van der Waals surface area contributed by atoms with Crippen LogP contribution in [0.3, 0.4) is 0 Å². The molecule has 0 saturated heterocycles. The molecule has 0 spiro atoms. The van der Waals surface area contributed by atoms with Crippen LogP contribution in [0.15, 0.2) is 17.0 Å². The highest BCUT2D eigenvalue weighted by Crippen LogP contribution is 2.24. The summed E-state index contributed by atoms with van der Waals surface area (Å²) < 4.78 is 45.0. The molecule has 0 unspecified atom stereocenters. The van der Waals surface area contributed by atoms with Crippen LogP contribution in [-0.4, -0.2) is 38.7 Å². The highest BCUT2D eigenvalue weighted by Gasteiger charge is 2.25. The lowest BCUT2D eigenvalue weighted by Crippen LogP contribution is -2.39. The molecule has 6 nitrogen and oxygen atoms in total. The van der Waals surface area contributed by atoms with Gasteiger partial charge in [-0.2, -0.15) is 0 Å². The summed E-state index contributed by atoms with van der Waals surface area (Å²) in [6, 6.07) is 1.47. The summed E-state index contributed by atoms with van der Waals surface area (Å²) >= 11 is 5.49. The number of sulfonamides is 1. The summed E-state index contributed by atoms with van der Waals surface area (Å²) in [7, 11) is -2.68. The summed E-state index contributed by atoms with van der Waals surface area (Å²) in [5, 5.41) is 8.25. The summed E-state index contributed by atoms with van der Waals surface area (Å²) in [6.07, 6.45) is 0. The first-order valence-electron chi connectivity index (χ1n) is 5.77. The minimum Gasteiger partial charge on any atom is -0.478 e. The molecular formula is C12H15ClFNO5S. The molecule has 0 aliphatic carbocycles. The summed E-state index contributed by atoms with van der Waals surface area (Å²) in [5.41, 5.74) is -1.39. The molecule has 0 radical (unpaired) electrons. The van der Waals surface area contributed by atoms with Gasteiger partial charge in [-0.25, -0.2) is 22.3 Å². The van der Waals surface area contributed by atoms with E-state index in [1.807, 2.05) is 0 Å². The van der Waals surface area contributed by atoms with E-state index in [4.69, 9.17) is 21.4 Å². The van der Waals surface area contributed by atoms with E-state index in [9.17, 15) is 17.6 Å². The Labute approximate surface area is 126 Å². The van der Waals surface area contributed by atoms with Crippen molar-refractivity contribution in [3.8, 4) is 0 Å². The molecule has 0 aliphatic heterocycles. The quantitative estimate of drug-likeness (QED) is 0.825. The number of carboxylic acid groups (broad SMARTS) is 1. The third kappa shape index (κ3) is 4.37. The van der Waals surface area contributed by atoms with Crippen LogP contribution in [0.4, 0.5) is 4.39 Å². The molecule has 21 heavy (non-hydrogen) atoms.